The number of aryl methyl sites for hydroxylation is 3. The zero-order valence-corrected chi connectivity index (χ0v) is 17.8. The topological polar surface area (TPSA) is 73.0 Å². The van der Waals surface area contributed by atoms with Gasteiger partial charge < -0.3 is 4.90 Å². The molecule has 0 saturated carbocycles. The zero-order chi connectivity index (χ0) is 20.5. The van der Waals surface area contributed by atoms with Crippen molar-refractivity contribution in [2.45, 2.75) is 39.2 Å². The molecule has 8 heteroatoms. The van der Waals surface area contributed by atoms with E-state index in [1.165, 1.54) is 16.0 Å². The lowest BCUT2D eigenvalue weighted by Crippen LogP contribution is -2.40. The van der Waals surface area contributed by atoms with Crippen LogP contribution in [0.25, 0.3) is 0 Å². The summed E-state index contributed by atoms with van der Waals surface area (Å²) >= 11 is 1.45. The standard InChI is InChI=1S/C21H25N5O2S/c1-14-18(29-15(2)22-14)20(27)25-11-7-10-17(13-25)19-23-24(3)21(28)26(19)12-16-8-5-4-6-9-16/h4-6,8-9,17H,7,10-13H2,1-3H3. The summed E-state index contributed by atoms with van der Waals surface area (Å²) in [5, 5.41) is 5.44. The molecule has 4 rings (SSSR count). The second-order valence-electron chi connectivity index (χ2n) is 7.57. The molecule has 152 valence electrons. The molecule has 1 aliphatic rings. The van der Waals surface area contributed by atoms with Crippen LogP contribution in [-0.4, -0.2) is 43.2 Å². The normalized spacial score (nSPS) is 16.9. The van der Waals surface area contributed by atoms with Crippen LogP contribution in [0.2, 0.25) is 0 Å². The molecule has 1 unspecified atom stereocenters. The SMILES string of the molecule is Cc1nc(C)c(C(=O)N2CCCC(c3nn(C)c(=O)n3Cc3ccccc3)C2)s1. The molecule has 0 N–H and O–H groups in total. The molecular weight excluding hydrogens is 386 g/mol. The van der Waals surface area contributed by atoms with Gasteiger partial charge >= 0.3 is 5.69 Å². The molecule has 29 heavy (non-hydrogen) atoms. The van der Waals surface area contributed by atoms with Gasteiger partial charge in [-0.15, -0.1) is 11.3 Å². The van der Waals surface area contributed by atoms with Crippen LogP contribution in [0.5, 0.6) is 0 Å². The Morgan fingerprint density at radius 3 is 2.69 bits per heavy atom. The predicted octanol–water partition coefficient (Wildman–Crippen LogP) is 2.72. The highest BCUT2D eigenvalue weighted by Gasteiger charge is 2.31. The molecule has 3 heterocycles. The Bertz CT molecular complexity index is 1080. The van der Waals surface area contributed by atoms with Crippen LogP contribution < -0.4 is 5.69 Å². The largest absolute Gasteiger partial charge is 0.345 e. The highest BCUT2D eigenvalue weighted by atomic mass is 32.1. The van der Waals surface area contributed by atoms with Gasteiger partial charge in [0.25, 0.3) is 5.91 Å². The lowest BCUT2D eigenvalue weighted by atomic mass is 9.96. The first kappa shape index (κ1) is 19.6. The molecule has 1 aliphatic heterocycles. The minimum Gasteiger partial charge on any atom is -0.337 e. The third-order valence-corrected chi connectivity index (χ3v) is 6.45. The monoisotopic (exact) mass is 411 g/mol. The first-order valence-corrected chi connectivity index (χ1v) is 10.7. The van der Waals surface area contributed by atoms with Crippen LogP contribution in [-0.2, 0) is 13.6 Å². The summed E-state index contributed by atoms with van der Waals surface area (Å²) < 4.78 is 3.14. The Morgan fingerprint density at radius 2 is 2.00 bits per heavy atom. The van der Waals surface area contributed by atoms with Gasteiger partial charge in [-0.2, -0.15) is 5.10 Å². The Hall–Kier alpha value is -2.74. The van der Waals surface area contributed by atoms with Gasteiger partial charge in [0.2, 0.25) is 0 Å². The predicted molar refractivity (Wildman–Crippen MR) is 112 cm³/mol. The summed E-state index contributed by atoms with van der Waals surface area (Å²) in [6, 6.07) is 9.92. The van der Waals surface area contributed by atoms with E-state index in [0.29, 0.717) is 18.0 Å². The van der Waals surface area contributed by atoms with E-state index in [1.54, 1.807) is 11.6 Å². The summed E-state index contributed by atoms with van der Waals surface area (Å²) in [5.74, 6) is 0.835. The van der Waals surface area contributed by atoms with Crippen molar-refractivity contribution in [3.63, 3.8) is 0 Å². The number of carbonyl (C=O) groups excluding carboxylic acids is 1. The number of carbonyl (C=O) groups is 1. The number of amides is 1. The van der Waals surface area contributed by atoms with E-state index < -0.39 is 0 Å². The van der Waals surface area contributed by atoms with Crippen LogP contribution in [0.3, 0.4) is 0 Å². The van der Waals surface area contributed by atoms with E-state index in [0.717, 1.165) is 41.5 Å². The smallest absolute Gasteiger partial charge is 0.337 e. The minimum absolute atomic E-state index is 0.0330. The molecule has 0 aliphatic carbocycles. The number of aromatic nitrogens is 4. The number of hydrogen-bond donors (Lipinski definition) is 0. The fourth-order valence-electron chi connectivity index (χ4n) is 3.99. The van der Waals surface area contributed by atoms with Crippen molar-refractivity contribution < 1.29 is 4.79 Å². The summed E-state index contributed by atoms with van der Waals surface area (Å²) in [6.45, 7) is 5.58. The zero-order valence-electron chi connectivity index (χ0n) is 17.0. The van der Waals surface area contributed by atoms with Crippen molar-refractivity contribution in [2.24, 2.45) is 7.05 Å². The highest BCUT2D eigenvalue weighted by Crippen LogP contribution is 2.28. The average molecular weight is 412 g/mol. The number of piperidine rings is 1. The first-order valence-electron chi connectivity index (χ1n) is 9.85. The Labute approximate surface area is 173 Å². The highest BCUT2D eigenvalue weighted by molar-refractivity contribution is 7.13. The first-order chi connectivity index (χ1) is 13.9. The summed E-state index contributed by atoms with van der Waals surface area (Å²) in [4.78, 5) is 32.8. The molecule has 0 bridgehead atoms. The van der Waals surface area contributed by atoms with E-state index in [4.69, 9.17) is 0 Å². The Balaban J connectivity index is 1.60. The van der Waals surface area contributed by atoms with Crippen LogP contribution >= 0.6 is 11.3 Å². The average Bonchev–Trinajstić information content (AvgIpc) is 3.21. The van der Waals surface area contributed by atoms with Crippen molar-refractivity contribution in [3.8, 4) is 0 Å². The molecule has 1 amide bonds. The van der Waals surface area contributed by atoms with Gasteiger partial charge in [0.05, 0.1) is 17.2 Å². The van der Waals surface area contributed by atoms with E-state index in [1.807, 2.05) is 49.1 Å². The van der Waals surface area contributed by atoms with Crippen LogP contribution in [0.15, 0.2) is 35.1 Å². The Morgan fingerprint density at radius 1 is 1.24 bits per heavy atom. The summed E-state index contributed by atoms with van der Waals surface area (Å²) in [7, 11) is 1.68. The summed E-state index contributed by atoms with van der Waals surface area (Å²) in [6.07, 6.45) is 1.80. The van der Waals surface area contributed by atoms with Crippen LogP contribution in [0.1, 0.15) is 50.5 Å². The lowest BCUT2D eigenvalue weighted by Gasteiger charge is -2.32. The van der Waals surface area contributed by atoms with Gasteiger partial charge in [0.15, 0.2) is 0 Å². The molecule has 1 saturated heterocycles. The van der Waals surface area contributed by atoms with Crippen molar-refractivity contribution in [1.29, 1.82) is 0 Å². The number of likely N-dealkylation sites (tertiary alicyclic amines) is 1. The van der Waals surface area contributed by atoms with E-state index in [9.17, 15) is 9.59 Å². The molecule has 3 aromatic rings. The maximum absolute atomic E-state index is 13.1. The fourth-order valence-corrected chi connectivity index (χ4v) is 4.87. The van der Waals surface area contributed by atoms with E-state index in [-0.39, 0.29) is 17.5 Å². The third kappa shape index (κ3) is 3.89. The van der Waals surface area contributed by atoms with Crippen molar-refractivity contribution in [2.75, 3.05) is 13.1 Å². The number of rotatable bonds is 4. The van der Waals surface area contributed by atoms with Crippen LogP contribution in [0.4, 0.5) is 0 Å². The number of nitrogens with zero attached hydrogens (tertiary/aromatic N) is 5. The minimum atomic E-state index is -0.124. The van der Waals surface area contributed by atoms with Gasteiger partial charge in [-0.3, -0.25) is 9.36 Å². The molecule has 7 nitrogen and oxygen atoms in total. The molecule has 1 fully saturated rings. The second kappa shape index (κ2) is 7.94. The molecule has 0 spiro atoms. The lowest BCUT2D eigenvalue weighted by molar-refractivity contribution is 0.0707. The molecule has 1 atom stereocenters. The molecule has 1 aromatic carbocycles. The van der Waals surface area contributed by atoms with Crippen LogP contribution in [0, 0.1) is 13.8 Å². The molecule has 0 radical (unpaired) electrons. The molecular formula is C21H25N5O2S. The van der Waals surface area contributed by atoms with Gasteiger partial charge in [0, 0.05) is 26.1 Å². The third-order valence-electron chi connectivity index (χ3n) is 5.39. The maximum atomic E-state index is 13.1. The van der Waals surface area contributed by atoms with Gasteiger partial charge in [-0.25, -0.2) is 14.5 Å². The molecule has 2 aromatic heterocycles. The van der Waals surface area contributed by atoms with E-state index in [2.05, 4.69) is 10.1 Å². The number of benzene rings is 1. The Kier molecular flexibility index (Phi) is 5.36. The van der Waals surface area contributed by atoms with Gasteiger partial charge in [-0.05, 0) is 32.3 Å². The summed E-state index contributed by atoms with van der Waals surface area (Å²) in [5.41, 5.74) is 1.73. The quantitative estimate of drug-likeness (QED) is 0.662. The van der Waals surface area contributed by atoms with E-state index >= 15 is 0 Å². The van der Waals surface area contributed by atoms with Gasteiger partial charge in [-0.1, -0.05) is 30.3 Å². The maximum Gasteiger partial charge on any atom is 0.345 e. The second-order valence-corrected chi connectivity index (χ2v) is 8.78. The van der Waals surface area contributed by atoms with Crippen molar-refractivity contribution >= 4 is 17.2 Å². The number of hydrogen-bond acceptors (Lipinski definition) is 5. The fraction of sp³-hybridized carbons (Fsp3) is 0.429. The van der Waals surface area contributed by atoms with Crippen molar-refractivity contribution in [3.05, 3.63) is 67.8 Å². The van der Waals surface area contributed by atoms with Crippen molar-refractivity contribution in [1.82, 2.24) is 24.2 Å². The number of thiazole rings is 1. The van der Waals surface area contributed by atoms with Gasteiger partial charge in [0.1, 0.15) is 10.7 Å².